The zero-order valence-electron chi connectivity index (χ0n) is 12.8. The lowest BCUT2D eigenvalue weighted by atomic mass is 10.1. The highest BCUT2D eigenvalue weighted by Gasteiger charge is 2.05. The molecule has 0 fully saturated rings. The van der Waals surface area contributed by atoms with E-state index in [1.165, 1.54) is 0 Å². The summed E-state index contributed by atoms with van der Waals surface area (Å²) in [5.41, 5.74) is 3.90. The highest BCUT2D eigenvalue weighted by Crippen LogP contribution is 2.19. The molecule has 6 nitrogen and oxygen atoms in total. The molecule has 24 heavy (non-hydrogen) atoms. The van der Waals surface area contributed by atoms with Crippen LogP contribution in [0.25, 0.3) is 23.5 Å². The molecule has 4 aromatic rings. The number of nitrogens with zero attached hydrogens (tertiary/aromatic N) is 6. The quantitative estimate of drug-likeness (QED) is 0.543. The first-order chi connectivity index (χ1) is 11.9. The highest BCUT2D eigenvalue weighted by atomic mass is 15.5. The fraction of sp³-hybridized carbons (Fsp3) is 0. The van der Waals surface area contributed by atoms with Crippen LogP contribution in [0.4, 0.5) is 0 Å². The van der Waals surface area contributed by atoms with Crippen LogP contribution in [0.5, 0.6) is 0 Å². The van der Waals surface area contributed by atoms with Gasteiger partial charge >= 0.3 is 0 Å². The number of para-hydroxylation sites is 2. The topological polar surface area (TPSA) is 61.4 Å². The molecule has 4 rings (SSSR count). The van der Waals surface area contributed by atoms with Crippen LogP contribution in [0.2, 0.25) is 0 Å². The minimum absolute atomic E-state index is 0.924. The zero-order chi connectivity index (χ0) is 16.2. The normalized spacial score (nSPS) is 11.2. The van der Waals surface area contributed by atoms with Crippen molar-refractivity contribution in [1.82, 2.24) is 30.0 Å². The van der Waals surface area contributed by atoms with Crippen molar-refractivity contribution in [3.63, 3.8) is 0 Å². The SMILES string of the molecule is C(=C\c1ccccc1-n1nccn1)/c1ccccc1-n1nccn1. The minimum Gasteiger partial charge on any atom is -0.157 e. The van der Waals surface area contributed by atoms with Gasteiger partial charge in [0.15, 0.2) is 0 Å². The van der Waals surface area contributed by atoms with Gasteiger partial charge in [-0.3, -0.25) is 0 Å². The van der Waals surface area contributed by atoms with Crippen molar-refractivity contribution in [1.29, 1.82) is 0 Å². The minimum atomic E-state index is 0.924. The Morgan fingerprint density at radius 1 is 0.542 bits per heavy atom. The molecule has 0 aliphatic heterocycles. The predicted octanol–water partition coefficient (Wildman–Crippen LogP) is 3.02. The molecule has 0 atom stereocenters. The molecule has 0 N–H and O–H groups in total. The first-order valence-corrected chi connectivity index (χ1v) is 7.51. The lowest BCUT2D eigenvalue weighted by Crippen LogP contribution is -2.01. The maximum atomic E-state index is 4.21. The van der Waals surface area contributed by atoms with Gasteiger partial charge in [0.25, 0.3) is 0 Å². The first kappa shape index (κ1) is 14.1. The molecule has 0 saturated heterocycles. The number of rotatable bonds is 4. The van der Waals surface area contributed by atoms with Crippen LogP contribution in [-0.2, 0) is 0 Å². The van der Waals surface area contributed by atoms with E-state index >= 15 is 0 Å². The lowest BCUT2D eigenvalue weighted by Gasteiger charge is -2.06. The van der Waals surface area contributed by atoms with Gasteiger partial charge in [-0.25, -0.2) is 0 Å². The molecule has 0 unspecified atom stereocenters. The Labute approximate surface area is 138 Å². The maximum Gasteiger partial charge on any atom is 0.0928 e. The van der Waals surface area contributed by atoms with E-state index in [4.69, 9.17) is 0 Å². The number of benzene rings is 2. The summed E-state index contributed by atoms with van der Waals surface area (Å²) in [6, 6.07) is 16.0. The van der Waals surface area contributed by atoms with Crippen LogP contribution in [0.3, 0.4) is 0 Å². The summed E-state index contributed by atoms with van der Waals surface area (Å²) in [4.78, 5) is 3.22. The molecule has 0 bridgehead atoms. The molecule has 116 valence electrons. The van der Waals surface area contributed by atoms with Gasteiger partial charge in [0.05, 0.1) is 36.2 Å². The van der Waals surface area contributed by atoms with E-state index in [0.29, 0.717) is 0 Å². The van der Waals surface area contributed by atoms with Gasteiger partial charge in [0.1, 0.15) is 0 Å². The molecular formula is C18H14N6. The molecule has 0 amide bonds. The van der Waals surface area contributed by atoms with Crippen LogP contribution in [0.1, 0.15) is 11.1 Å². The summed E-state index contributed by atoms with van der Waals surface area (Å²) in [5, 5.41) is 16.8. The van der Waals surface area contributed by atoms with E-state index < -0.39 is 0 Å². The fourth-order valence-corrected chi connectivity index (χ4v) is 2.48. The molecule has 6 heteroatoms. The van der Waals surface area contributed by atoms with Crippen molar-refractivity contribution in [3.8, 4) is 11.4 Å². The lowest BCUT2D eigenvalue weighted by molar-refractivity contribution is 0.750. The Hall–Kier alpha value is -3.54. The van der Waals surface area contributed by atoms with E-state index in [9.17, 15) is 0 Å². The molecule has 2 aromatic heterocycles. The Kier molecular flexibility index (Phi) is 3.69. The van der Waals surface area contributed by atoms with Crippen LogP contribution >= 0.6 is 0 Å². The summed E-state index contributed by atoms with van der Waals surface area (Å²) in [7, 11) is 0. The summed E-state index contributed by atoms with van der Waals surface area (Å²) >= 11 is 0. The largest absolute Gasteiger partial charge is 0.157 e. The molecule has 0 spiro atoms. The Morgan fingerprint density at radius 2 is 0.917 bits per heavy atom. The monoisotopic (exact) mass is 314 g/mol. The molecule has 0 saturated carbocycles. The third-order valence-electron chi connectivity index (χ3n) is 3.58. The van der Waals surface area contributed by atoms with Crippen molar-refractivity contribution < 1.29 is 0 Å². The number of aromatic nitrogens is 6. The van der Waals surface area contributed by atoms with Gasteiger partial charge in [0.2, 0.25) is 0 Å². The zero-order valence-corrected chi connectivity index (χ0v) is 12.8. The summed E-state index contributed by atoms with van der Waals surface area (Å²) < 4.78 is 0. The standard InChI is InChI=1S/C18H14N6/c1-3-7-17(23-19-11-12-20-23)15(5-1)9-10-16-6-2-4-8-18(16)24-21-13-14-22-24/h1-14H/b10-9+. The molecule has 0 aliphatic rings. The van der Waals surface area contributed by atoms with E-state index in [1.54, 1.807) is 34.4 Å². The summed E-state index contributed by atoms with van der Waals surface area (Å²) in [6.45, 7) is 0. The maximum absolute atomic E-state index is 4.21. The smallest absolute Gasteiger partial charge is 0.0928 e. The number of hydrogen-bond donors (Lipinski definition) is 0. The molecule has 2 aromatic carbocycles. The van der Waals surface area contributed by atoms with Crippen LogP contribution in [0.15, 0.2) is 73.3 Å². The van der Waals surface area contributed by atoms with E-state index in [-0.39, 0.29) is 0 Å². The van der Waals surface area contributed by atoms with E-state index in [1.807, 2.05) is 60.7 Å². The average molecular weight is 314 g/mol. The number of hydrogen-bond acceptors (Lipinski definition) is 4. The highest BCUT2D eigenvalue weighted by molar-refractivity contribution is 5.76. The molecule has 0 radical (unpaired) electrons. The second-order valence-electron chi connectivity index (χ2n) is 5.09. The van der Waals surface area contributed by atoms with Crippen molar-refractivity contribution in [2.75, 3.05) is 0 Å². The van der Waals surface area contributed by atoms with Gasteiger partial charge in [-0.2, -0.15) is 30.0 Å². The van der Waals surface area contributed by atoms with E-state index in [2.05, 4.69) is 20.4 Å². The second-order valence-corrected chi connectivity index (χ2v) is 5.09. The van der Waals surface area contributed by atoms with Gasteiger partial charge < -0.3 is 0 Å². The first-order valence-electron chi connectivity index (χ1n) is 7.51. The van der Waals surface area contributed by atoms with Gasteiger partial charge in [-0.1, -0.05) is 48.6 Å². The van der Waals surface area contributed by atoms with E-state index in [0.717, 1.165) is 22.5 Å². The fourth-order valence-electron chi connectivity index (χ4n) is 2.48. The second kappa shape index (κ2) is 6.29. The van der Waals surface area contributed by atoms with Crippen LogP contribution in [0, 0.1) is 0 Å². The van der Waals surface area contributed by atoms with Crippen molar-refractivity contribution >= 4 is 12.2 Å². The summed E-state index contributed by atoms with van der Waals surface area (Å²) in [6.07, 6.45) is 10.7. The molecular weight excluding hydrogens is 300 g/mol. The average Bonchev–Trinajstić information content (AvgIpc) is 3.34. The Morgan fingerprint density at radius 3 is 1.33 bits per heavy atom. The Bertz CT molecular complexity index is 875. The van der Waals surface area contributed by atoms with Gasteiger partial charge in [-0.15, -0.1) is 0 Å². The Balaban J connectivity index is 1.73. The third-order valence-corrected chi connectivity index (χ3v) is 3.58. The summed E-state index contributed by atoms with van der Waals surface area (Å²) in [5.74, 6) is 0. The van der Waals surface area contributed by atoms with Crippen molar-refractivity contribution in [3.05, 3.63) is 84.4 Å². The van der Waals surface area contributed by atoms with Crippen molar-refractivity contribution in [2.24, 2.45) is 0 Å². The van der Waals surface area contributed by atoms with Crippen LogP contribution in [-0.4, -0.2) is 30.0 Å². The molecule has 0 aliphatic carbocycles. The van der Waals surface area contributed by atoms with Gasteiger partial charge in [0, 0.05) is 11.1 Å². The molecule has 2 heterocycles. The van der Waals surface area contributed by atoms with Gasteiger partial charge in [-0.05, 0) is 12.1 Å². The van der Waals surface area contributed by atoms with Crippen molar-refractivity contribution in [2.45, 2.75) is 0 Å². The predicted molar refractivity (Wildman–Crippen MR) is 91.6 cm³/mol. The van der Waals surface area contributed by atoms with Crippen LogP contribution < -0.4 is 0 Å². The third kappa shape index (κ3) is 2.72.